The zero-order chi connectivity index (χ0) is 13.8. The van der Waals surface area contributed by atoms with Gasteiger partial charge in [0.2, 0.25) is 10.0 Å². The van der Waals surface area contributed by atoms with Crippen LogP contribution in [0.3, 0.4) is 0 Å². The van der Waals surface area contributed by atoms with Gasteiger partial charge in [-0.25, -0.2) is 13.1 Å². The highest BCUT2D eigenvalue weighted by Crippen LogP contribution is 2.26. The summed E-state index contributed by atoms with van der Waals surface area (Å²) in [4.78, 5) is 11.3. The molecule has 2 N–H and O–H groups in total. The highest BCUT2D eigenvalue weighted by atomic mass is 32.2. The van der Waals surface area contributed by atoms with E-state index >= 15 is 0 Å². The Kier molecular flexibility index (Phi) is 5.30. The van der Waals surface area contributed by atoms with Crippen molar-refractivity contribution >= 4 is 27.3 Å². The van der Waals surface area contributed by atoms with Gasteiger partial charge in [0.15, 0.2) is 0 Å². The molecule has 1 aromatic rings. The molecule has 1 aromatic heterocycles. The van der Waals surface area contributed by atoms with Crippen molar-refractivity contribution in [3.63, 3.8) is 0 Å². The van der Waals surface area contributed by atoms with Gasteiger partial charge in [0.25, 0.3) is 0 Å². The summed E-state index contributed by atoms with van der Waals surface area (Å²) in [6.07, 6.45) is -0.384. The lowest BCUT2D eigenvalue weighted by molar-refractivity contribution is -0.136. The second-order valence-corrected chi connectivity index (χ2v) is 7.17. The first-order valence-corrected chi connectivity index (χ1v) is 8.10. The van der Waals surface area contributed by atoms with Crippen LogP contribution in [0.25, 0.3) is 0 Å². The van der Waals surface area contributed by atoms with Gasteiger partial charge in [-0.2, -0.15) is 0 Å². The lowest BCUT2D eigenvalue weighted by atomic mass is 10.0. The third-order valence-corrected chi connectivity index (χ3v) is 4.72. The first kappa shape index (κ1) is 15.1. The van der Waals surface area contributed by atoms with E-state index in [1.165, 1.54) is 11.3 Å². The molecule has 0 aliphatic heterocycles. The van der Waals surface area contributed by atoms with Crippen LogP contribution in [0.4, 0.5) is 0 Å². The average Bonchev–Trinajstić information content (AvgIpc) is 2.76. The van der Waals surface area contributed by atoms with Crippen molar-refractivity contribution in [3.05, 3.63) is 22.4 Å². The minimum Gasteiger partial charge on any atom is -0.481 e. The SMILES string of the molecule is CC(C)C(NS(=O)(=O)CCC(=O)O)c1cccs1. The number of thiophene rings is 1. The van der Waals surface area contributed by atoms with E-state index in [1.807, 2.05) is 31.4 Å². The summed E-state index contributed by atoms with van der Waals surface area (Å²) in [7, 11) is -3.57. The molecule has 1 rings (SSSR count). The van der Waals surface area contributed by atoms with Crippen molar-refractivity contribution in [3.8, 4) is 0 Å². The Hall–Kier alpha value is -0.920. The van der Waals surface area contributed by atoms with Crippen molar-refractivity contribution in [2.24, 2.45) is 5.92 Å². The highest BCUT2D eigenvalue weighted by molar-refractivity contribution is 7.89. The number of rotatable bonds is 7. The molecule has 1 unspecified atom stereocenters. The number of hydrogen-bond donors (Lipinski definition) is 2. The minimum atomic E-state index is -3.57. The smallest absolute Gasteiger partial charge is 0.304 e. The quantitative estimate of drug-likeness (QED) is 0.803. The van der Waals surface area contributed by atoms with Gasteiger partial charge in [-0.3, -0.25) is 4.79 Å². The molecule has 0 bridgehead atoms. The predicted molar refractivity (Wildman–Crippen MR) is 71.1 cm³/mol. The van der Waals surface area contributed by atoms with Crippen molar-refractivity contribution in [1.82, 2.24) is 4.72 Å². The maximum Gasteiger partial charge on any atom is 0.304 e. The number of carboxylic acid groups (broad SMARTS) is 1. The van der Waals surface area contributed by atoms with Crippen LogP contribution in [0.15, 0.2) is 17.5 Å². The lowest BCUT2D eigenvalue weighted by Crippen LogP contribution is -2.33. The molecule has 1 heterocycles. The van der Waals surface area contributed by atoms with Crippen molar-refractivity contribution in [2.75, 3.05) is 5.75 Å². The number of carbonyl (C=O) groups is 1. The maximum atomic E-state index is 11.8. The minimum absolute atomic E-state index is 0.100. The summed E-state index contributed by atoms with van der Waals surface area (Å²) in [5.41, 5.74) is 0. The van der Waals surface area contributed by atoms with Crippen molar-refractivity contribution < 1.29 is 18.3 Å². The van der Waals surface area contributed by atoms with Crippen LogP contribution in [0.1, 0.15) is 31.2 Å². The summed E-state index contributed by atoms with van der Waals surface area (Å²) in [5, 5.41) is 10.4. The average molecular weight is 291 g/mol. The first-order valence-electron chi connectivity index (χ1n) is 5.57. The molecule has 7 heteroatoms. The molecule has 5 nitrogen and oxygen atoms in total. The van der Waals surface area contributed by atoms with Crippen LogP contribution in [0.2, 0.25) is 0 Å². The summed E-state index contributed by atoms with van der Waals surface area (Å²) in [5.74, 6) is -1.41. The van der Waals surface area contributed by atoms with E-state index in [2.05, 4.69) is 4.72 Å². The molecule has 0 saturated heterocycles. The van der Waals surface area contributed by atoms with Crippen LogP contribution in [0, 0.1) is 5.92 Å². The van der Waals surface area contributed by atoms with Gasteiger partial charge >= 0.3 is 5.97 Å². The monoisotopic (exact) mass is 291 g/mol. The van der Waals surface area contributed by atoms with E-state index in [0.717, 1.165) is 4.88 Å². The molecule has 0 aromatic carbocycles. The third kappa shape index (κ3) is 4.75. The molecule has 18 heavy (non-hydrogen) atoms. The van der Waals surface area contributed by atoms with Crippen LogP contribution in [0.5, 0.6) is 0 Å². The molecule has 1 atom stereocenters. The van der Waals surface area contributed by atoms with Gasteiger partial charge in [0, 0.05) is 4.88 Å². The second kappa shape index (κ2) is 6.31. The Morgan fingerprint density at radius 1 is 1.50 bits per heavy atom. The first-order chi connectivity index (χ1) is 8.32. The summed E-state index contributed by atoms with van der Waals surface area (Å²) in [6.45, 7) is 3.84. The van der Waals surface area contributed by atoms with Crippen molar-refractivity contribution in [2.45, 2.75) is 26.3 Å². The van der Waals surface area contributed by atoms with Gasteiger partial charge in [-0.1, -0.05) is 19.9 Å². The van der Waals surface area contributed by atoms with Gasteiger partial charge in [-0.05, 0) is 17.4 Å². The zero-order valence-electron chi connectivity index (χ0n) is 10.3. The highest BCUT2D eigenvalue weighted by Gasteiger charge is 2.23. The molecule has 0 radical (unpaired) electrons. The van der Waals surface area contributed by atoms with Crippen molar-refractivity contribution in [1.29, 1.82) is 0 Å². The Labute approximate surface area is 111 Å². The molecule has 0 aliphatic carbocycles. The Bertz CT molecular complexity index is 479. The molecule has 102 valence electrons. The van der Waals surface area contributed by atoms with E-state index in [9.17, 15) is 13.2 Å². The van der Waals surface area contributed by atoms with E-state index in [1.54, 1.807) is 0 Å². The van der Waals surface area contributed by atoms with E-state index in [-0.39, 0.29) is 18.4 Å². The molecule has 0 amide bonds. The number of hydrogen-bond acceptors (Lipinski definition) is 4. The Morgan fingerprint density at radius 2 is 2.17 bits per heavy atom. The normalized spacial score (nSPS) is 13.7. The maximum absolute atomic E-state index is 11.8. The predicted octanol–water partition coefficient (Wildman–Crippen LogP) is 1.84. The fourth-order valence-electron chi connectivity index (χ4n) is 1.46. The van der Waals surface area contributed by atoms with Gasteiger partial charge in [-0.15, -0.1) is 11.3 Å². The molecule has 0 saturated carbocycles. The molecular formula is C11H17NO4S2. The summed E-state index contributed by atoms with van der Waals surface area (Å²) >= 11 is 1.48. The van der Waals surface area contributed by atoms with E-state index < -0.39 is 21.7 Å². The molecule has 0 aliphatic rings. The van der Waals surface area contributed by atoms with Crippen LogP contribution in [-0.2, 0) is 14.8 Å². The van der Waals surface area contributed by atoms with Gasteiger partial charge < -0.3 is 5.11 Å². The lowest BCUT2D eigenvalue weighted by Gasteiger charge is -2.20. The van der Waals surface area contributed by atoms with E-state index in [0.29, 0.717) is 0 Å². The number of aliphatic carboxylic acids is 1. The van der Waals surface area contributed by atoms with Crippen LogP contribution in [-0.4, -0.2) is 25.2 Å². The van der Waals surface area contributed by atoms with Crippen LogP contribution >= 0.6 is 11.3 Å². The summed E-state index contributed by atoms with van der Waals surface area (Å²) in [6, 6.07) is 3.43. The van der Waals surface area contributed by atoms with E-state index in [4.69, 9.17) is 5.11 Å². The fourth-order valence-corrected chi connectivity index (χ4v) is 3.84. The van der Waals surface area contributed by atoms with Gasteiger partial charge in [0.1, 0.15) is 0 Å². The molecule has 0 spiro atoms. The topological polar surface area (TPSA) is 83.5 Å². The van der Waals surface area contributed by atoms with Gasteiger partial charge in [0.05, 0.1) is 18.2 Å². The Balaban J connectivity index is 2.75. The molecule has 0 fully saturated rings. The Morgan fingerprint density at radius 3 is 2.61 bits per heavy atom. The van der Waals surface area contributed by atoms with Crippen LogP contribution < -0.4 is 4.72 Å². The standard InChI is InChI=1S/C11H17NO4S2/c1-8(2)11(9-4-3-6-17-9)12-18(15,16)7-5-10(13)14/h3-4,6,8,11-12H,5,7H2,1-2H3,(H,13,14). The fraction of sp³-hybridized carbons (Fsp3) is 0.545. The summed E-state index contributed by atoms with van der Waals surface area (Å²) < 4.78 is 26.1. The number of nitrogens with one attached hydrogen (secondary N) is 1. The number of carboxylic acids is 1. The third-order valence-electron chi connectivity index (χ3n) is 2.41. The molecular weight excluding hydrogens is 274 g/mol. The zero-order valence-corrected chi connectivity index (χ0v) is 11.9. The second-order valence-electron chi connectivity index (χ2n) is 4.32. The largest absolute Gasteiger partial charge is 0.481 e. The number of sulfonamides is 1.